The third kappa shape index (κ3) is 5.07. The van der Waals surface area contributed by atoms with Crippen LogP contribution in [0.2, 0.25) is 0 Å². The smallest absolute Gasteiger partial charge is 0.273 e. The highest BCUT2D eigenvalue weighted by Crippen LogP contribution is 2.17. The SMILES string of the molecule is CCOc1ccccc1C(=O)NNC(=O)c1ccc(NC(C)=O)cc1. The molecule has 0 radical (unpaired) electrons. The molecule has 0 atom stereocenters. The number of anilines is 1. The minimum absolute atomic E-state index is 0.197. The number of para-hydroxylation sites is 1. The van der Waals surface area contributed by atoms with Crippen LogP contribution in [0.25, 0.3) is 0 Å². The fourth-order valence-corrected chi connectivity index (χ4v) is 2.10. The summed E-state index contributed by atoms with van der Waals surface area (Å²) in [5.74, 6) is -0.710. The molecule has 3 N–H and O–H groups in total. The van der Waals surface area contributed by atoms with Gasteiger partial charge in [0.05, 0.1) is 12.2 Å². The summed E-state index contributed by atoms with van der Waals surface area (Å²) in [5, 5.41) is 2.61. The Morgan fingerprint density at radius 3 is 2.20 bits per heavy atom. The van der Waals surface area contributed by atoms with Gasteiger partial charge in [0.1, 0.15) is 5.75 Å². The molecule has 0 aliphatic heterocycles. The number of amides is 3. The molecule has 0 saturated heterocycles. The molecule has 0 aliphatic rings. The van der Waals surface area contributed by atoms with Gasteiger partial charge < -0.3 is 10.1 Å². The van der Waals surface area contributed by atoms with Crippen LogP contribution in [-0.4, -0.2) is 24.3 Å². The van der Waals surface area contributed by atoms with Crippen LogP contribution in [0, 0.1) is 0 Å². The maximum atomic E-state index is 12.2. The number of hydrogen-bond donors (Lipinski definition) is 3. The van der Waals surface area contributed by atoms with E-state index in [2.05, 4.69) is 16.2 Å². The summed E-state index contributed by atoms with van der Waals surface area (Å²) in [6.07, 6.45) is 0. The van der Waals surface area contributed by atoms with Crippen LogP contribution in [0.3, 0.4) is 0 Å². The van der Waals surface area contributed by atoms with Gasteiger partial charge >= 0.3 is 0 Å². The molecule has 0 heterocycles. The molecule has 2 aromatic rings. The van der Waals surface area contributed by atoms with Gasteiger partial charge in [-0.25, -0.2) is 0 Å². The number of carbonyl (C=O) groups is 3. The third-order valence-corrected chi connectivity index (χ3v) is 3.19. The molecule has 3 amide bonds. The Balaban J connectivity index is 1.97. The molecule has 7 nitrogen and oxygen atoms in total. The second-order valence-corrected chi connectivity index (χ2v) is 5.10. The number of ether oxygens (including phenoxy) is 1. The van der Waals surface area contributed by atoms with Crippen LogP contribution in [0.4, 0.5) is 5.69 Å². The summed E-state index contributed by atoms with van der Waals surface area (Å²) >= 11 is 0. The van der Waals surface area contributed by atoms with E-state index in [0.29, 0.717) is 29.2 Å². The molecule has 0 saturated carbocycles. The summed E-state index contributed by atoms with van der Waals surface area (Å²) in [6.45, 7) is 3.65. The Morgan fingerprint density at radius 2 is 1.56 bits per heavy atom. The van der Waals surface area contributed by atoms with Gasteiger partial charge in [-0.2, -0.15) is 0 Å². The molecule has 2 aromatic carbocycles. The zero-order chi connectivity index (χ0) is 18.2. The first kappa shape index (κ1) is 18.0. The van der Waals surface area contributed by atoms with E-state index >= 15 is 0 Å². The van der Waals surface area contributed by atoms with Crippen LogP contribution in [-0.2, 0) is 4.79 Å². The number of hydrazine groups is 1. The Hall–Kier alpha value is -3.35. The van der Waals surface area contributed by atoms with E-state index < -0.39 is 11.8 Å². The molecule has 130 valence electrons. The van der Waals surface area contributed by atoms with Crippen molar-refractivity contribution in [3.63, 3.8) is 0 Å². The standard InChI is InChI=1S/C18H19N3O4/c1-3-25-16-7-5-4-6-15(16)18(24)21-20-17(23)13-8-10-14(11-9-13)19-12(2)22/h4-11H,3H2,1-2H3,(H,19,22)(H,20,23)(H,21,24). The first-order valence-electron chi connectivity index (χ1n) is 7.71. The minimum atomic E-state index is -0.479. The highest BCUT2D eigenvalue weighted by molar-refractivity contribution is 6.00. The van der Waals surface area contributed by atoms with Crippen molar-refractivity contribution < 1.29 is 19.1 Å². The predicted octanol–water partition coefficient (Wildman–Crippen LogP) is 2.12. The quantitative estimate of drug-likeness (QED) is 0.726. The van der Waals surface area contributed by atoms with Gasteiger partial charge in [0.25, 0.3) is 11.8 Å². The molecular weight excluding hydrogens is 322 g/mol. The van der Waals surface area contributed by atoms with E-state index in [4.69, 9.17) is 4.74 Å². The van der Waals surface area contributed by atoms with Crippen molar-refractivity contribution in [1.82, 2.24) is 10.9 Å². The van der Waals surface area contributed by atoms with Crippen molar-refractivity contribution in [3.8, 4) is 5.75 Å². The molecule has 0 unspecified atom stereocenters. The van der Waals surface area contributed by atoms with Gasteiger partial charge in [0.2, 0.25) is 5.91 Å². The van der Waals surface area contributed by atoms with Crippen molar-refractivity contribution >= 4 is 23.4 Å². The topological polar surface area (TPSA) is 96.5 Å². The lowest BCUT2D eigenvalue weighted by Crippen LogP contribution is -2.41. The van der Waals surface area contributed by atoms with Gasteiger partial charge in [-0.1, -0.05) is 12.1 Å². The molecule has 0 spiro atoms. The van der Waals surface area contributed by atoms with Crippen LogP contribution in [0.5, 0.6) is 5.75 Å². The third-order valence-electron chi connectivity index (χ3n) is 3.19. The van der Waals surface area contributed by atoms with Crippen molar-refractivity contribution in [1.29, 1.82) is 0 Å². The predicted molar refractivity (Wildman–Crippen MR) is 93.3 cm³/mol. The van der Waals surface area contributed by atoms with Crippen molar-refractivity contribution in [2.24, 2.45) is 0 Å². The lowest BCUT2D eigenvalue weighted by atomic mass is 10.2. The maximum absolute atomic E-state index is 12.2. The number of nitrogens with one attached hydrogen (secondary N) is 3. The summed E-state index contributed by atoms with van der Waals surface area (Å²) < 4.78 is 5.39. The van der Waals surface area contributed by atoms with Crippen LogP contribution >= 0.6 is 0 Å². The van der Waals surface area contributed by atoms with Crippen LogP contribution < -0.4 is 20.9 Å². The molecule has 0 aliphatic carbocycles. The molecule has 0 aromatic heterocycles. The van der Waals surface area contributed by atoms with Gasteiger partial charge in [-0.3, -0.25) is 25.2 Å². The zero-order valence-corrected chi connectivity index (χ0v) is 14.0. The largest absolute Gasteiger partial charge is 0.493 e. The van der Waals surface area contributed by atoms with Gasteiger partial charge in [0.15, 0.2) is 0 Å². The first-order valence-corrected chi connectivity index (χ1v) is 7.71. The van der Waals surface area contributed by atoms with E-state index in [1.54, 1.807) is 48.5 Å². The highest BCUT2D eigenvalue weighted by atomic mass is 16.5. The highest BCUT2D eigenvalue weighted by Gasteiger charge is 2.13. The fourth-order valence-electron chi connectivity index (χ4n) is 2.10. The van der Waals surface area contributed by atoms with Gasteiger partial charge in [0, 0.05) is 18.2 Å². The first-order chi connectivity index (χ1) is 12.0. The average Bonchev–Trinajstić information content (AvgIpc) is 2.60. The van der Waals surface area contributed by atoms with Crippen molar-refractivity contribution in [2.75, 3.05) is 11.9 Å². The maximum Gasteiger partial charge on any atom is 0.273 e. The molecule has 7 heteroatoms. The fraction of sp³-hybridized carbons (Fsp3) is 0.167. The Kier molecular flexibility index (Phi) is 6.11. The van der Waals surface area contributed by atoms with E-state index in [0.717, 1.165) is 0 Å². The zero-order valence-electron chi connectivity index (χ0n) is 14.0. The Labute approximate surface area is 145 Å². The van der Waals surface area contributed by atoms with Crippen LogP contribution in [0.1, 0.15) is 34.6 Å². The number of hydrogen-bond acceptors (Lipinski definition) is 4. The average molecular weight is 341 g/mol. The van der Waals surface area contributed by atoms with Crippen LogP contribution in [0.15, 0.2) is 48.5 Å². The van der Waals surface area contributed by atoms with Gasteiger partial charge in [-0.05, 0) is 43.3 Å². The normalized spacial score (nSPS) is 9.84. The summed E-state index contributed by atoms with van der Waals surface area (Å²) in [6, 6.07) is 13.0. The molecular formula is C18H19N3O4. The number of carbonyl (C=O) groups excluding carboxylic acids is 3. The second kappa shape index (κ2) is 8.49. The molecule has 0 fully saturated rings. The Bertz CT molecular complexity index is 772. The number of rotatable bonds is 5. The lowest BCUT2D eigenvalue weighted by Gasteiger charge is -2.11. The van der Waals surface area contributed by atoms with Gasteiger partial charge in [-0.15, -0.1) is 0 Å². The summed E-state index contributed by atoms with van der Waals surface area (Å²) in [7, 11) is 0. The van der Waals surface area contributed by atoms with E-state index in [1.165, 1.54) is 6.92 Å². The molecule has 2 rings (SSSR count). The summed E-state index contributed by atoms with van der Waals surface area (Å²) in [4.78, 5) is 35.2. The van der Waals surface area contributed by atoms with E-state index in [1.807, 2.05) is 6.92 Å². The van der Waals surface area contributed by atoms with Crippen molar-refractivity contribution in [3.05, 3.63) is 59.7 Å². The monoisotopic (exact) mass is 341 g/mol. The number of benzene rings is 2. The second-order valence-electron chi connectivity index (χ2n) is 5.10. The van der Waals surface area contributed by atoms with E-state index in [-0.39, 0.29) is 5.91 Å². The van der Waals surface area contributed by atoms with E-state index in [9.17, 15) is 14.4 Å². The minimum Gasteiger partial charge on any atom is -0.493 e. The summed E-state index contributed by atoms with van der Waals surface area (Å²) in [5.41, 5.74) is 5.95. The Morgan fingerprint density at radius 1 is 0.920 bits per heavy atom. The van der Waals surface area contributed by atoms with Crippen molar-refractivity contribution in [2.45, 2.75) is 13.8 Å². The molecule has 25 heavy (non-hydrogen) atoms. The molecule has 0 bridgehead atoms. The lowest BCUT2D eigenvalue weighted by molar-refractivity contribution is -0.114.